The van der Waals surface area contributed by atoms with Gasteiger partial charge in [-0.1, -0.05) is 26.0 Å². The van der Waals surface area contributed by atoms with Crippen LogP contribution in [0.5, 0.6) is 0 Å². The lowest BCUT2D eigenvalue weighted by molar-refractivity contribution is 0.102. The number of nitrogens with zero attached hydrogens (tertiary/aromatic N) is 1. The monoisotopic (exact) mass is 450 g/mol. The molecule has 1 aliphatic rings. The van der Waals surface area contributed by atoms with Crippen molar-refractivity contribution in [2.45, 2.75) is 37.5 Å². The Morgan fingerprint density at radius 2 is 1.70 bits per heavy atom. The lowest BCUT2D eigenvalue weighted by Crippen LogP contribution is -2.28. The fourth-order valence-corrected chi connectivity index (χ4v) is 5.04. The van der Waals surface area contributed by atoms with Crippen LogP contribution in [0.4, 0.5) is 5.69 Å². The van der Waals surface area contributed by atoms with Gasteiger partial charge in [0, 0.05) is 23.2 Å². The number of carbonyl (C=O) groups excluding carboxylic acids is 1. The summed E-state index contributed by atoms with van der Waals surface area (Å²) in [5.41, 5.74) is 2.15. The molecule has 7 heteroatoms. The Bertz CT molecular complexity index is 934. The number of amides is 1. The Morgan fingerprint density at radius 1 is 1.07 bits per heavy atom. The molecule has 2 aromatic rings. The second-order valence-electron chi connectivity index (χ2n) is 6.98. The average Bonchev–Trinajstić information content (AvgIpc) is 3.18. The average molecular weight is 451 g/mol. The molecule has 0 radical (unpaired) electrons. The topological polar surface area (TPSA) is 66.5 Å². The van der Waals surface area contributed by atoms with E-state index in [-0.39, 0.29) is 10.8 Å². The van der Waals surface area contributed by atoms with Crippen molar-refractivity contribution in [2.24, 2.45) is 0 Å². The molecule has 2 aromatic carbocycles. The number of hydrogen-bond donors (Lipinski definition) is 1. The maximum atomic E-state index is 12.8. The van der Waals surface area contributed by atoms with Crippen LogP contribution in [0.1, 0.15) is 48.5 Å². The van der Waals surface area contributed by atoms with Crippen molar-refractivity contribution in [1.82, 2.24) is 4.31 Å². The Morgan fingerprint density at radius 3 is 2.30 bits per heavy atom. The quantitative estimate of drug-likeness (QED) is 0.722. The minimum atomic E-state index is -3.57. The van der Waals surface area contributed by atoms with Crippen molar-refractivity contribution in [1.29, 1.82) is 0 Å². The molecule has 0 aromatic heterocycles. The summed E-state index contributed by atoms with van der Waals surface area (Å²) in [5, 5.41) is 2.84. The predicted molar refractivity (Wildman–Crippen MR) is 111 cm³/mol. The molecule has 0 unspecified atom stereocenters. The Balaban J connectivity index is 1.84. The molecule has 0 bridgehead atoms. The van der Waals surface area contributed by atoms with E-state index in [4.69, 9.17) is 0 Å². The summed E-state index contributed by atoms with van der Waals surface area (Å²) in [7, 11) is -3.57. The van der Waals surface area contributed by atoms with Crippen LogP contribution in [-0.4, -0.2) is 31.7 Å². The first kappa shape index (κ1) is 20.0. The van der Waals surface area contributed by atoms with Crippen LogP contribution >= 0.6 is 15.9 Å². The molecule has 0 aliphatic carbocycles. The van der Waals surface area contributed by atoms with E-state index < -0.39 is 10.0 Å². The molecule has 1 fully saturated rings. The lowest BCUT2D eigenvalue weighted by atomic mass is 10.0. The Labute approximate surface area is 169 Å². The SMILES string of the molecule is CC(C)c1ccc(NC(=O)c2cc(S(=O)(=O)N3CCCC3)ccc2Br)cc1. The summed E-state index contributed by atoms with van der Waals surface area (Å²) in [6.45, 7) is 5.28. The molecular formula is C20H23BrN2O3S. The summed E-state index contributed by atoms with van der Waals surface area (Å²) in [4.78, 5) is 12.9. The smallest absolute Gasteiger partial charge is 0.256 e. The Hall–Kier alpha value is -1.70. The fourth-order valence-electron chi connectivity index (χ4n) is 3.07. The number of sulfonamides is 1. The van der Waals surface area contributed by atoms with Crippen molar-refractivity contribution >= 4 is 37.5 Å². The first-order chi connectivity index (χ1) is 12.8. The van der Waals surface area contributed by atoms with Gasteiger partial charge in [0.05, 0.1) is 10.5 Å². The van der Waals surface area contributed by atoms with E-state index in [0.29, 0.717) is 34.7 Å². The molecule has 1 amide bonds. The van der Waals surface area contributed by atoms with Gasteiger partial charge in [-0.25, -0.2) is 8.42 Å². The number of hydrogen-bond acceptors (Lipinski definition) is 3. The third-order valence-corrected chi connectivity index (χ3v) is 7.31. The van der Waals surface area contributed by atoms with E-state index in [0.717, 1.165) is 12.8 Å². The highest BCUT2D eigenvalue weighted by Crippen LogP contribution is 2.26. The number of carbonyl (C=O) groups is 1. The van der Waals surface area contributed by atoms with Gasteiger partial charge in [-0.05, 0) is 70.6 Å². The highest BCUT2D eigenvalue weighted by molar-refractivity contribution is 9.10. The Kier molecular flexibility index (Phi) is 6.03. The second kappa shape index (κ2) is 8.12. The first-order valence-corrected chi connectivity index (χ1v) is 11.2. The number of benzene rings is 2. The zero-order chi connectivity index (χ0) is 19.6. The normalized spacial score (nSPS) is 15.3. The highest BCUT2D eigenvalue weighted by atomic mass is 79.9. The van der Waals surface area contributed by atoms with Crippen LogP contribution in [0.25, 0.3) is 0 Å². The van der Waals surface area contributed by atoms with E-state index in [9.17, 15) is 13.2 Å². The molecule has 1 aliphatic heterocycles. The molecule has 0 spiro atoms. The summed E-state index contributed by atoms with van der Waals surface area (Å²) in [6, 6.07) is 12.2. The van der Waals surface area contributed by atoms with Crippen LogP contribution in [0.15, 0.2) is 51.8 Å². The van der Waals surface area contributed by atoms with E-state index in [1.807, 2.05) is 24.3 Å². The summed E-state index contributed by atoms with van der Waals surface area (Å²) >= 11 is 3.36. The van der Waals surface area contributed by atoms with E-state index in [1.54, 1.807) is 6.07 Å². The molecule has 5 nitrogen and oxygen atoms in total. The van der Waals surface area contributed by atoms with Gasteiger partial charge in [-0.15, -0.1) is 0 Å². The molecule has 0 atom stereocenters. The summed E-state index contributed by atoms with van der Waals surface area (Å²) in [5.74, 6) is 0.0639. The highest BCUT2D eigenvalue weighted by Gasteiger charge is 2.28. The molecule has 144 valence electrons. The van der Waals surface area contributed by atoms with E-state index >= 15 is 0 Å². The predicted octanol–water partition coefficient (Wildman–Crippen LogP) is 4.61. The van der Waals surface area contributed by atoms with Crippen LogP contribution in [0, 0.1) is 0 Å². The maximum absolute atomic E-state index is 12.8. The minimum absolute atomic E-state index is 0.146. The zero-order valence-corrected chi connectivity index (χ0v) is 17.8. The molecule has 1 saturated heterocycles. The van der Waals surface area contributed by atoms with Crippen molar-refractivity contribution in [2.75, 3.05) is 18.4 Å². The van der Waals surface area contributed by atoms with Crippen LogP contribution in [0.3, 0.4) is 0 Å². The van der Waals surface area contributed by atoms with Gasteiger partial charge in [0.25, 0.3) is 5.91 Å². The van der Waals surface area contributed by atoms with Gasteiger partial charge >= 0.3 is 0 Å². The van der Waals surface area contributed by atoms with Crippen LogP contribution in [-0.2, 0) is 10.0 Å². The molecule has 1 heterocycles. The number of nitrogens with one attached hydrogen (secondary N) is 1. The van der Waals surface area contributed by atoms with Gasteiger partial charge < -0.3 is 5.32 Å². The van der Waals surface area contributed by atoms with Gasteiger partial charge in [0.1, 0.15) is 0 Å². The largest absolute Gasteiger partial charge is 0.322 e. The standard InChI is InChI=1S/C20H23BrN2O3S/c1-14(2)15-5-7-16(8-6-15)22-20(24)18-13-17(9-10-19(18)21)27(25,26)23-11-3-4-12-23/h5-10,13-14H,3-4,11-12H2,1-2H3,(H,22,24). The number of anilines is 1. The van der Waals surface area contributed by atoms with Gasteiger partial charge in [0.15, 0.2) is 0 Å². The van der Waals surface area contributed by atoms with Gasteiger partial charge in [-0.2, -0.15) is 4.31 Å². The molecule has 0 saturated carbocycles. The van der Waals surface area contributed by atoms with Crippen molar-refractivity contribution in [3.8, 4) is 0 Å². The van der Waals surface area contributed by atoms with Crippen molar-refractivity contribution < 1.29 is 13.2 Å². The van der Waals surface area contributed by atoms with Crippen molar-refractivity contribution in [3.05, 3.63) is 58.1 Å². The number of halogens is 1. The summed E-state index contributed by atoms with van der Waals surface area (Å²) in [6.07, 6.45) is 1.74. The molecule has 3 rings (SSSR count). The van der Waals surface area contributed by atoms with E-state index in [1.165, 1.54) is 22.0 Å². The third kappa shape index (κ3) is 4.42. The first-order valence-electron chi connectivity index (χ1n) is 9.00. The molecule has 27 heavy (non-hydrogen) atoms. The zero-order valence-electron chi connectivity index (χ0n) is 15.4. The summed E-state index contributed by atoms with van der Waals surface area (Å²) < 4.78 is 27.5. The lowest BCUT2D eigenvalue weighted by Gasteiger charge is -2.16. The van der Waals surface area contributed by atoms with Crippen LogP contribution < -0.4 is 5.32 Å². The fraction of sp³-hybridized carbons (Fsp3) is 0.350. The molecule has 1 N–H and O–H groups in total. The van der Waals surface area contributed by atoms with Crippen molar-refractivity contribution in [3.63, 3.8) is 0 Å². The molecular weight excluding hydrogens is 428 g/mol. The van der Waals surface area contributed by atoms with Gasteiger partial charge in [0.2, 0.25) is 10.0 Å². The minimum Gasteiger partial charge on any atom is -0.322 e. The number of rotatable bonds is 5. The van der Waals surface area contributed by atoms with E-state index in [2.05, 4.69) is 35.1 Å². The second-order valence-corrected chi connectivity index (χ2v) is 9.78. The van der Waals surface area contributed by atoms with Gasteiger partial charge in [-0.3, -0.25) is 4.79 Å². The maximum Gasteiger partial charge on any atom is 0.256 e. The van der Waals surface area contributed by atoms with Crippen LogP contribution in [0.2, 0.25) is 0 Å². The third-order valence-electron chi connectivity index (χ3n) is 4.72.